The molecule has 3 aromatic carbocycles. The van der Waals surface area contributed by atoms with Crippen LogP contribution < -0.4 is 19.1 Å². The SMILES string of the molecule is CC(C)[C@H]1COc2cc(S(=O)(=O)NC(=O)c3ccc(N4CCN(CC5=C(c6ccc(Cl)cc6)CC(C)(C)CC5)CC4)cc3Oc3cnc4[nH]ccc4c3)cc([N+](=O)[O-])c2C1. The molecule has 0 bridgehead atoms. The summed E-state index contributed by atoms with van der Waals surface area (Å²) in [4.78, 5) is 37.2. The number of amides is 1. The van der Waals surface area contributed by atoms with Gasteiger partial charge in [-0.2, -0.15) is 0 Å². The Bertz CT molecular complexity index is 2600. The number of anilines is 1. The minimum absolute atomic E-state index is 0.0396. The molecule has 1 fully saturated rings. The molecule has 3 aliphatic rings. The van der Waals surface area contributed by atoms with Crippen molar-refractivity contribution in [1.29, 1.82) is 0 Å². The van der Waals surface area contributed by atoms with E-state index >= 15 is 0 Å². The standard InChI is InChI=1S/C45H49ClN6O7S/c1-28(2)32-20-38-40(52(54)55)22-36(23-41(38)58-27-32)60(56,57)49-44(53)37-10-9-34(21-42(37)59-35-19-30-12-14-47-43(30)48-25-35)51-17-15-50(16-18-51)26-31-11-13-45(3,4)24-39(31)29-5-7-33(46)8-6-29/h5-10,12,14,19,21-23,25,28,32H,11,13,15-18,20,24,26-27H2,1-4H3,(H,47,48)(H,49,53)/t32-/m1/s1. The molecule has 1 atom stereocenters. The van der Waals surface area contributed by atoms with E-state index in [1.165, 1.54) is 29.0 Å². The minimum Gasteiger partial charge on any atom is -0.493 e. The van der Waals surface area contributed by atoms with Gasteiger partial charge in [0.25, 0.3) is 21.6 Å². The predicted octanol–water partition coefficient (Wildman–Crippen LogP) is 9.03. The number of piperazine rings is 1. The average molecular weight is 853 g/mol. The maximum atomic E-state index is 14.0. The number of nitro groups is 1. The molecule has 314 valence electrons. The van der Waals surface area contributed by atoms with Crippen LogP contribution in [0.1, 0.15) is 68.4 Å². The first kappa shape index (κ1) is 41.3. The lowest BCUT2D eigenvalue weighted by Gasteiger charge is -2.39. The van der Waals surface area contributed by atoms with Crippen LogP contribution in [0.25, 0.3) is 16.6 Å². The van der Waals surface area contributed by atoms with Crippen molar-refractivity contribution < 1.29 is 27.6 Å². The fourth-order valence-corrected chi connectivity index (χ4v) is 9.55. The number of halogens is 1. The Hall–Kier alpha value is -5.44. The van der Waals surface area contributed by atoms with Crippen molar-refractivity contribution in [1.82, 2.24) is 19.6 Å². The number of carbonyl (C=O) groups is 1. The number of pyridine rings is 1. The Balaban J connectivity index is 1.03. The Morgan fingerprint density at radius 1 is 1.08 bits per heavy atom. The molecule has 15 heteroatoms. The summed E-state index contributed by atoms with van der Waals surface area (Å²) >= 11 is 6.24. The van der Waals surface area contributed by atoms with Gasteiger partial charge in [0, 0.05) is 73.2 Å². The van der Waals surface area contributed by atoms with Gasteiger partial charge in [-0.3, -0.25) is 19.8 Å². The number of sulfonamides is 1. The van der Waals surface area contributed by atoms with E-state index in [0.29, 0.717) is 30.0 Å². The Labute approximate surface area is 354 Å². The van der Waals surface area contributed by atoms with Crippen LogP contribution >= 0.6 is 11.6 Å². The van der Waals surface area contributed by atoms with E-state index < -0.39 is 25.7 Å². The average Bonchev–Trinajstić information content (AvgIpc) is 3.69. The number of carbonyl (C=O) groups excluding carboxylic acids is 1. The number of aromatic nitrogens is 2. The molecule has 4 heterocycles. The van der Waals surface area contributed by atoms with Gasteiger partial charge in [0.1, 0.15) is 22.9 Å². The van der Waals surface area contributed by atoms with E-state index in [-0.39, 0.29) is 40.0 Å². The van der Waals surface area contributed by atoms with E-state index in [9.17, 15) is 23.3 Å². The molecule has 2 aromatic heterocycles. The first-order valence-corrected chi connectivity index (χ1v) is 22.2. The highest BCUT2D eigenvalue weighted by Crippen LogP contribution is 2.44. The number of nitrogens with zero attached hydrogens (tertiary/aromatic N) is 4. The van der Waals surface area contributed by atoms with Gasteiger partial charge in [0.2, 0.25) is 0 Å². The van der Waals surface area contributed by atoms with Crippen LogP contribution in [0, 0.1) is 27.4 Å². The summed E-state index contributed by atoms with van der Waals surface area (Å²) in [7, 11) is -4.60. The third kappa shape index (κ3) is 8.86. The van der Waals surface area contributed by atoms with Gasteiger partial charge in [0.05, 0.1) is 33.7 Å². The van der Waals surface area contributed by atoms with Crippen LogP contribution in [0.2, 0.25) is 5.02 Å². The van der Waals surface area contributed by atoms with E-state index in [4.69, 9.17) is 21.1 Å². The number of hydrogen-bond donors (Lipinski definition) is 2. The quantitative estimate of drug-likeness (QED) is 0.0970. The summed E-state index contributed by atoms with van der Waals surface area (Å²) in [5, 5.41) is 13.7. The van der Waals surface area contributed by atoms with Gasteiger partial charge in [-0.25, -0.2) is 18.1 Å². The molecule has 0 saturated carbocycles. The number of rotatable bonds is 11. The Morgan fingerprint density at radius 2 is 1.85 bits per heavy atom. The number of fused-ring (bicyclic) bond motifs is 2. The number of hydrogen-bond acceptors (Lipinski definition) is 10. The number of H-pyrrole nitrogens is 1. The van der Waals surface area contributed by atoms with E-state index in [1.807, 2.05) is 32.0 Å². The molecule has 60 heavy (non-hydrogen) atoms. The lowest BCUT2D eigenvalue weighted by Crippen LogP contribution is -2.47. The molecule has 5 aromatic rings. The molecule has 2 N–H and O–H groups in total. The monoisotopic (exact) mass is 852 g/mol. The lowest BCUT2D eigenvalue weighted by molar-refractivity contribution is -0.386. The number of aromatic amines is 1. The van der Waals surface area contributed by atoms with Gasteiger partial charge in [-0.05, 0) is 90.5 Å². The third-order valence-electron chi connectivity index (χ3n) is 12.1. The Morgan fingerprint density at radius 3 is 2.58 bits per heavy atom. The van der Waals surface area contributed by atoms with Gasteiger partial charge >= 0.3 is 0 Å². The van der Waals surface area contributed by atoms with Crippen LogP contribution in [0.4, 0.5) is 11.4 Å². The molecule has 13 nitrogen and oxygen atoms in total. The topological polar surface area (TPSA) is 160 Å². The van der Waals surface area contributed by atoms with Gasteiger partial charge in [-0.15, -0.1) is 0 Å². The zero-order chi connectivity index (χ0) is 42.3. The number of benzene rings is 3. The number of nitrogens with one attached hydrogen (secondary N) is 2. The van der Waals surface area contributed by atoms with Crippen LogP contribution in [0.5, 0.6) is 17.2 Å². The summed E-state index contributed by atoms with van der Waals surface area (Å²) in [6.07, 6.45) is 6.86. The molecule has 0 radical (unpaired) electrons. The van der Waals surface area contributed by atoms with E-state index in [2.05, 4.69) is 50.5 Å². The number of nitro benzene ring substituents is 1. The molecular weight excluding hydrogens is 804 g/mol. The molecule has 8 rings (SSSR count). The molecule has 2 aliphatic heterocycles. The maximum absolute atomic E-state index is 14.0. The zero-order valence-electron chi connectivity index (χ0n) is 34.2. The maximum Gasteiger partial charge on any atom is 0.277 e. The number of allylic oxidation sites excluding steroid dienone is 1. The van der Waals surface area contributed by atoms with Crippen LogP contribution in [-0.2, 0) is 16.4 Å². The normalized spacial score (nSPS) is 18.3. The van der Waals surface area contributed by atoms with E-state index in [0.717, 1.165) is 74.1 Å². The minimum atomic E-state index is -4.60. The van der Waals surface area contributed by atoms with Crippen LogP contribution in [0.15, 0.2) is 89.6 Å². The van der Waals surface area contributed by atoms with Crippen LogP contribution in [0.3, 0.4) is 0 Å². The summed E-state index contributed by atoms with van der Waals surface area (Å²) in [6.45, 7) is 13.0. The highest BCUT2D eigenvalue weighted by molar-refractivity contribution is 7.90. The van der Waals surface area contributed by atoms with Crippen molar-refractivity contribution in [3.05, 3.63) is 117 Å². The fourth-order valence-electron chi connectivity index (χ4n) is 8.42. The lowest BCUT2D eigenvalue weighted by atomic mass is 9.72. The largest absolute Gasteiger partial charge is 0.493 e. The summed E-state index contributed by atoms with van der Waals surface area (Å²) < 4.78 is 41.9. The van der Waals surface area contributed by atoms with Crippen molar-refractivity contribution in [3.63, 3.8) is 0 Å². The van der Waals surface area contributed by atoms with E-state index in [1.54, 1.807) is 30.5 Å². The first-order valence-electron chi connectivity index (χ1n) is 20.3. The van der Waals surface area contributed by atoms with Gasteiger partial charge in [0.15, 0.2) is 0 Å². The summed E-state index contributed by atoms with van der Waals surface area (Å²) in [5.41, 5.74) is 5.73. The second-order valence-electron chi connectivity index (χ2n) is 17.2. The van der Waals surface area contributed by atoms with Crippen molar-refractivity contribution >= 4 is 55.5 Å². The van der Waals surface area contributed by atoms with Crippen molar-refractivity contribution in [2.45, 2.75) is 58.3 Å². The highest BCUT2D eigenvalue weighted by atomic mass is 35.5. The summed E-state index contributed by atoms with van der Waals surface area (Å²) in [5.74, 6) is -0.113. The molecular formula is C45H49ClN6O7S. The van der Waals surface area contributed by atoms with Crippen molar-refractivity contribution in [3.8, 4) is 17.2 Å². The molecule has 0 spiro atoms. The van der Waals surface area contributed by atoms with Crippen molar-refractivity contribution in [2.75, 3.05) is 44.2 Å². The molecule has 1 saturated heterocycles. The highest BCUT2D eigenvalue weighted by Gasteiger charge is 2.34. The summed E-state index contributed by atoms with van der Waals surface area (Å²) in [6, 6.07) is 19.1. The molecule has 0 unspecified atom stereocenters. The van der Waals surface area contributed by atoms with Gasteiger partial charge in [-0.1, -0.05) is 57.0 Å². The zero-order valence-corrected chi connectivity index (χ0v) is 35.7. The second-order valence-corrected chi connectivity index (χ2v) is 19.3. The third-order valence-corrected chi connectivity index (χ3v) is 13.7. The number of ether oxygens (including phenoxy) is 2. The molecule has 1 aliphatic carbocycles. The molecule has 1 amide bonds. The predicted molar refractivity (Wildman–Crippen MR) is 233 cm³/mol. The Kier molecular flexibility index (Phi) is 11.4. The second kappa shape index (κ2) is 16.5. The van der Waals surface area contributed by atoms with Crippen molar-refractivity contribution in [2.24, 2.45) is 17.3 Å². The fraction of sp³-hybridized carbons (Fsp3) is 0.378. The van der Waals surface area contributed by atoms with Gasteiger partial charge < -0.3 is 19.4 Å². The first-order chi connectivity index (χ1) is 28.6. The smallest absolute Gasteiger partial charge is 0.277 e. The van der Waals surface area contributed by atoms with Crippen LogP contribution in [-0.4, -0.2) is 73.4 Å².